The monoisotopic (exact) mass is 341 g/mol. The van der Waals surface area contributed by atoms with Crippen LogP contribution in [0.5, 0.6) is 0 Å². The smallest absolute Gasteiger partial charge is 0.261 e. The van der Waals surface area contributed by atoms with E-state index in [0.717, 1.165) is 32.5 Å². The van der Waals surface area contributed by atoms with E-state index in [2.05, 4.69) is 10.3 Å². The predicted molar refractivity (Wildman–Crippen MR) is 94.3 cm³/mol. The first-order valence-corrected chi connectivity index (χ1v) is 8.99. The zero-order chi connectivity index (χ0) is 17.3. The minimum absolute atomic E-state index is 0.00984. The minimum Gasteiger partial charge on any atom is -0.381 e. The Balaban J connectivity index is 1.38. The van der Waals surface area contributed by atoms with Crippen LogP contribution < -0.4 is 10.9 Å². The number of hydrogen-bond acceptors (Lipinski definition) is 4. The predicted octanol–water partition coefficient (Wildman–Crippen LogP) is 1.86. The van der Waals surface area contributed by atoms with Crippen molar-refractivity contribution in [1.82, 2.24) is 14.9 Å². The molecule has 6 nitrogen and oxygen atoms in total. The third-order valence-corrected chi connectivity index (χ3v) is 5.81. The Morgan fingerprint density at radius 2 is 2.08 bits per heavy atom. The standard InChI is InChI=1S/C19H23N3O3/c23-17(21-16-5-7-19(16)8-11-25-12-9-19)6-10-22-13-20-15-4-2-1-3-14(15)18(22)24/h1-4,13,16H,5-12H2,(H,21,23). The van der Waals surface area contributed by atoms with Crippen LogP contribution in [0.2, 0.25) is 0 Å². The summed E-state index contributed by atoms with van der Waals surface area (Å²) in [6.07, 6.45) is 6.11. The average molecular weight is 341 g/mol. The first kappa shape index (κ1) is 16.3. The second-order valence-electron chi connectivity index (χ2n) is 7.14. The summed E-state index contributed by atoms with van der Waals surface area (Å²) < 4.78 is 6.97. The Morgan fingerprint density at radius 3 is 2.84 bits per heavy atom. The molecule has 1 atom stereocenters. The van der Waals surface area contributed by atoms with Crippen molar-refractivity contribution < 1.29 is 9.53 Å². The van der Waals surface area contributed by atoms with Crippen LogP contribution in [-0.2, 0) is 16.1 Å². The molecular formula is C19H23N3O3. The van der Waals surface area contributed by atoms with Gasteiger partial charge in [-0.3, -0.25) is 14.2 Å². The van der Waals surface area contributed by atoms with E-state index in [9.17, 15) is 9.59 Å². The number of amides is 1. The van der Waals surface area contributed by atoms with Crippen molar-refractivity contribution in [3.63, 3.8) is 0 Å². The van der Waals surface area contributed by atoms with E-state index < -0.39 is 0 Å². The van der Waals surface area contributed by atoms with Crippen LogP contribution in [0.1, 0.15) is 32.1 Å². The summed E-state index contributed by atoms with van der Waals surface area (Å²) in [5.74, 6) is 0.00984. The molecule has 1 saturated heterocycles. The molecule has 1 amide bonds. The van der Waals surface area contributed by atoms with E-state index in [1.807, 2.05) is 18.2 Å². The molecule has 2 aromatic rings. The van der Waals surface area contributed by atoms with E-state index >= 15 is 0 Å². The second-order valence-corrected chi connectivity index (χ2v) is 7.14. The molecule has 2 fully saturated rings. The van der Waals surface area contributed by atoms with Gasteiger partial charge in [0.25, 0.3) is 5.56 Å². The number of nitrogens with one attached hydrogen (secondary N) is 1. The van der Waals surface area contributed by atoms with Crippen molar-refractivity contribution in [2.45, 2.75) is 44.7 Å². The van der Waals surface area contributed by atoms with E-state index in [0.29, 0.717) is 23.9 Å². The number of aromatic nitrogens is 2. The summed E-state index contributed by atoms with van der Waals surface area (Å²) in [6, 6.07) is 7.53. The van der Waals surface area contributed by atoms with Gasteiger partial charge in [-0.1, -0.05) is 12.1 Å². The summed E-state index contributed by atoms with van der Waals surface area (Å²) >= 11 is 0. The minimum atomic E-state index is -0.0945. The molecule has 2 aliphatic rings. The summed E-state index contributed by atoms with van der Waals surface area (Å²) in [7, 11) is 0. The van der Waals surface area contributed by atoms with Crippen LogP contribution in [0, 0.1) is 5.41 Å². The van der Waals surface area contributed by atoms with Gasteiger partial charge >= 0.3 is 0 Å². The van der Waals surface area contributed by atoms with Crippen molar-refractivity contribution in [1.29, 1.82) is 0 Å². The number of carbonyl (C=O) groups is 1. The molecule has 1 aliphatic heterocycles. The Morgan fingerprint density at radius 1 is 1.28 bits per heavy atom. The number of nitrogens with zero attached hydrogens (tertiary/aromatic N) is 2. The van der Waals surface area contributed by atoms with Crippen LogP contribution >= 0.6 is 0 Å². The topological polar surface area (TPSA) is 73.2 Å². The fourth-order valence-corrected chi connectivity index (χ4v) is 4.05. The van der Waals surface area contributed by atoms with Gasteiger partial charge in [-0.2, -0.15) is 0 Å². The van der Waals surface area contributed by atoms with E-state index in [1.165, 1.54) is 17.3 Å². The summed E-state index contributed by atoms with van der Waals surface area (Å²) in [6.45, 7) is 1.94. The van der Waals surface area contributed by atoms with Crippen LogP contribution in [0.15, 0.2) is 35.4 Å². The van der Waals surface area contributed by atoms with Crippen molar-refractivity contribution in [2.24, 2.45) is 5.41 Å². The number of aryl methyl sites for hydroxylation is 1. The number of hydrogen-bond donors (Lipinski definition) is 1. The fraction of sp³-hybridized carbons (Fsp3) is 0.526. The SMILES string of the molecule is O=C(CCn1cnc2ccccc2c1=O)NC1CCC12CCOCC2. The third-order valence-electron chi connectivity index (χ3n) is 5.81. The molecule has 1 unspecified atom stereocenters. The highest BCUT2D eigenvalue weighted by Crippen LogP contribution is 2.48. The highest BCUT2D eigenvalue weighted by Gasteiger charge is 2.47. The van der Waals surface area contributed by atoms with Gasteiger partial charge in [-0.25, -0.2) is 4.98 Å². The summed E-state index contributed by atoms with van der Waals surface area (Å²) in [4.78, 5) is 29.1. The molecule has 0 radical (unpaired) electrons. The molecule has 1 aliphatic carbocycles. The second kappa shape index (κ2) is 6.59. The van der Waals surface area contributed by atoms with Gasteiger partial charge in [0.15, 0.2) is 0 Å². The van der Waals surface area contributed by atoms with Crippen molar-refractivity contribution in [3.05, 3.63) is 40.9 Å². The maximum absolute atomic E-state index is 12.5. The molecule has 1 aromatic heterocycles. The molecule has 1 saturated carbocycles. The highest BCUT2D eigenvalue weighted by atomic mass is 16.5. The molecule has 1 N–H and O–H groups in total. The Bertz CT molecular complexity index is 839. The number of benzene rings is 1. The van der Waals surface area contributed by atoms with Crippen molar-refractivity contribution in [3.8, 4) is 0 Å². The lowest BCUT2D eigenvalue weighted by Gasteiger charge is -2.52. The Kier molecular flexibility index (Phi) is 4.29. The zero-order valence-electron chi connectivity index (χ0n) is 14.2. The first-order valence-electron chi connectivity index (χ1n) is 8.99. The molecule has 4 rings (SSSR count). The van der Waals surface area contributed by atoms with Gasteiger partial charge in [0.05, 0.1) is 17.2 Å². The zero-order valence-corrected chi connectivity index (χ0v) is 14.2. The Hall–Kier alpha value is -2.21. The average Bonchev–Trinajstić information content (AvgIpc) is 2.65. The molecule has 1 spiro atoms. The summed E-state index contributed by atoms with van der Waals surface area (Å²) in [5, 5.41) is 3.76. The maximum Gasteiger partial charge on any atom is 0.261 e. The van der Waals surface area contributed by atoms with Gasteiger partial charge in [-0.05, 0) is 43.2 Å². The van der Waals surface area contributed by atoms with Crippen LogP contribution in [-0.4, -0.2) is 34.7 Å². The molecule has 6 heteroatoms. The largest absolute Gasteiger partial charge is 0.381 e. The number of carbonyl (C=O) groups excluding carboxylic acids is 1. The highest BCUT2D eigenvalue weighted by molar-refractivity contribution is 5.77. The van der Waals surface area contributed by atoms with E-state index in [4.69, 9.17) is 4.74 Å². The lowest BCUT2D eigenvalue weighted by molar-refractivity contribution is -0.127. The number of ether oxygens (including phenoxy) is 1. The normalized spacial score (nSPS) is 21.8. The number of rotatable bonds is 4. The lowest BCUT2D eigenvalue weighted by atomic mass is 9.60. The van der Waals surface area contributed by atoms with Crippen LogP contribution in [0.3, 0.4) is 0 Å². The molecule has 1 aromatic carbocycles. The number of fused-ring (bicyclic) bond motifs is 1. The molecular weight excluding hydrogens is 318 g/mol. The van der Waals surface area contributed by atoms with Crippen molar-refractivity contribution in [2.75, 3.05) is 13.2 Å². The van der Waals surface area contributed by atoms with Gasteiger partial charge in [-0.15, -0.1) is 0 Å². The third kappa shape index (κ3) is 3.06. The summed E-state index contributed by atoms with van der Waals surface area (Å²) in [5.41, 5.74) is 0.835. The quantitative estimate of drug-likeness (QED) is 0.921. The van der Waals surface area contributed by atoms with Crippen LogP contribution in [0.4, 0.5) is 0 Å². The first-order chi connectivity index (χ1) is 12.2. The molecule has 132 valence electrons. The molecule has 2 heterocycles. The number of para-hydroxylation sites is 1. The molecule has 25 heavy (non-hydrogen) atoms. The maximum atomic E-state index is 12.5. The fourth-order valence-electron chi connectivity index (χ4n) is 4.05. The van der Waals surface area contributed by atoms with Crippen molar-refractivity contribution >= 4 is 16.8 Å². The lowest BCUT2D eigenvalue weighted by Crippen LogP contribution is -2.57. The molecule has 0 bridgehead atoms. The van der Waals surface area contributed by atoms with Gasteiger partial charge < -0.3 is 10.1 Å². The Labute approximate surface area is 146 Å². The van der Waals surface area contributed by atoms with E-state index in [1.54, 1.807) is 6.07 Å². The van der Waals surface area contributed by atoms with E-state index in [-0.39, 0.29) is 22.9 Å². The van der Waals surface area contributed by atoms with Gasteiger partial charge in [0.2, 0.25) is 5.91 Å². The van der Waals surface area contributed by atoms with Gasteiger partial charge in [0, 0.05) is 32.2 Å². The van der Waals surface area contributed by atoms with Crippen LogP contribution in [0.25, 0.3) is 10.9 Å². The van der Waals surface area contributed by atoms with Gasteiger partial charge in [0.1, 0.15) is 0 Å².